The number of rotatable bonds is 11. The number of esters is 1. The lowest BCUT2D eigenvalue weighted by Gasteiger charge is -2.17. The van der Waals surface area contributed by atoms with Crippen LogP contribution in [-0.2, 0) is 30.5 Å². The Hall–Kier alpha value is -3.98. The van der Waals surface area contributed by atoms with E-state index in [1.807, 2.05) is 24.3 Å². The van der Waals surface area contributed by atoms with Crippen LogP contribution in [0, 0.1) is 23.6 Å². The molecule has 1 aliphatic carbocycles. The molecule has 36 heavy (non-hydrogen) atoms. The summed E-state index contributed by atoms with van der Waals surface area (Å²) >= 11 is 0. The van der Waals surface area contributed by atoms with Crippen molar-refractivity contribution in [1.29, 1.82) is 0 Å². The molecule has 9 heteroatoms. The van der Waals surface area contributed by atoms with Crippen LogP contribution < -0.4 is 15.0 Å². The molecule has 0 unspecified atom stereocenters. The van der Waals surface area contributed by atoms with Crippen LogP contribution >= 0.6 is 0 Å². The molecule has 8 nitrogen and oxygen atoms in total. The zero-order valence-corrected chi connectivity index (χ0v) is 20.4. The minimum atomic E-state index is -0.727. The Bertz CT molecular complexity index is 1150. The number of hydrogen-bond donors (Lipinski definition) is 1. The van der Waals surface area contributed by atoms with Crippen LogP contribution in [-0.4, -0.2) is 38.6 Å². The number of amides is 2. The van der Waals surface area contributed by atoms with E-state index >= 15 is 0 Å². The van der Waals surface area contributed by atoms with Gasteiger partial charge in [0.2, 0.25) is 5.91 Å². The Labute approximate surface area is 209 Å². The lowest BCUT2D eigenvalue weighted by atomic mass is 10.2. The Balaban J connectivity index is 1.65. The molecule has 1 N–H and O–H groups in total. The van der Waals surface area contributed by atoms with E-state index in [0.29, 0.717) is 6.61 Å². The van der Waals surface area contributed by atoms with Gasteiger partial charge in [0.1, 0.15) is 11.6 Å². The van der Waals surface area contributed by atoms with Crippen LogP contribution in [0.15, 0.2) is 67.4 Å². The fourth-order valence-electron chi connectivity index (χ4n) is 3.94. The van der Waals surface area contributed by atoms with Gasteiger partial charge in [-0.25, -0.2) is 4.39 Å². The third kappa shape index (κ3) is 6.17. The second kappa shape index (κ2) is 12.1. The minimum absolute atomic E-state index is 0.0661. The summed E-state index contributed by atoms with van der Waals surface area (Å²) in [5, 5.41) is 2.54. The van der Waals surface area contributed by atoms with Crippen LogP contribution in [0.25, 0.3) is 0 Å². The van der Waals surface area contributed by atoms with Gasteiger partial charge in [-0.3, -0.25) is 19.3 Å². The van der Waals surface area contributed by atoms with E-state index < -0.39 is 41.4 Å². The van der Waals surface area contributed by atoms with Crippen LogP contribution in [0.2, 0.25) is 0 Å². The largest absolute Gasteiger partial charge is 0.497 e. The molecule has 0 spiro atoms. The van der Waals surface area contributed by atoms with Gasteiger partial charge >= 0.3 is 5.97 Å². The predicted octanol–water partition coefficient (Wildman–Crippen LogP) is 4.08. The standard InChI is InChI=1S/C27H29FN2O6/c1-5-13-30(23(31)6-2)18-9-12-22(21(28)14-18)29-26(32)24-20(25(24)27(33)35-4)16-36-15-17-7-10-19(34-3)11-8-17/h5-14,20,24-25H,2,15-16H2,1,3-4H3,(H,29,32)/t20-,24-,25+/m1/s1. The van der Waals surface area contributed by atoms with E-state index in [2.05, 4.69) is 11.9 Å². The lowest BCUT2D eigenvalue weighted by Crippen LogP contribution is -2.23. The fraction of sp³-hybridized carbons (Fsp3) is 0.296. The molecule has 1 saturated carbocycles. The molecular weight excluding hydrogens is 467 g/mol. The summed E-state index contributed by atoms with van der Waals surface area (Å²) < 4.78 is 30.5. The topological polar surface area (TPSA) is 94.2 Å². The first-order valence-corrected chi connectivity index (χ1v) is 11.3. The van der Waals surface area contributed by atoms with E-state index in [0.717, 1.165) is 23.5 Å². The van der Waals surface area contributed by atoms with E-state index in [9.17, 15) is 18.8 Å². The number of nitrogens with zero attached hydrogens (tertiary/aromatic N) is 1. The third-order valence-corrected chi connectivity index (χ3v) is 5.88. The number of benzene rings is 2. The molecule has 2 amide bonds. The molecular formula is C27H29FN2O6. The van der Waals surface area contributed by atoms with Crippen molar-refractivity contribution >= 4 is 29.2 Å². The van der Waals surface area contributed by atoms with Crippen molar-refractivity contribution in [1.82, 2.24) is 0 Å². The van der Waals surface area contributed by atoms with Crippen LogP contribution in [0.5, 0.6) is 5.75 Å². The lowest BCUT2D eigenvalue weighted by molar-refractivity contribution is -0.143. The van der Waals surface area contributed by atoms with Gasteiger partial charge in [0.25, 0.3) is 5.91 Å². The van der Waals surface area contributed by atoms with E-state index in [1.165, 1.54) is 30.3 Å². The quantitative estimate of drug-likeness (QED) is 0.372. The van der Waals surface area contributed by atoms with E-state index in [-0.39, 0.29) is 18.0 Å². The zero-order chi connectivity index (χ0) is 26.2. The van der Waals surface area contributed by atoms with E-state index in [4.69, 9.17) is 14.2 Å². The molecule has 0 saturated heterocycles. The van der Waals surface area contributed by atoms with Gasteiger partial charge in [-0.05, 0) is 42.8 Å². The SMILES string of the molecule is C=CC(=O)N(C=CC)c1ccc(NC(=O)[C@@H]2[C@@H](COCc3ccc(OC)cc3)[C@@H]2C(=O)OC)c(F)c1. The number of carbonyl (C=O) groups is 3. The second-order valence-corrected chi connectivity index (χ2v) is 8.15. The smallest absolute Gasteiger partial charge is 0.309 e. The fourth-order valence-corrected chi connectivity index (χ4v) is 3.94. The van der Waals surface area contributed by atoms with Gasteiger partial charge in [-0.15, -0.1) is 0 Å². The van der Waals surface area contributed by atoms with Crippen LogP contribution in [0.1, 0.15) is 12.5 Å². The van der Waals surface area contributed by atoms with Gasteiger partial charge in [-0.1, -0.05) is 24.8 Å². The van der Waals surface area contributed by atoms with Gasteiger partial charge in [0, 0.05) is 18.2 Å². The summed E-state index contributed by atoms with van der Waals surface area (Å²) in [6.45, 7) is 5.62. The molecule has 2 aromatic carbocycles. The number of methoxy groups -OCH3 is 2. The summed E-state index contributed by atoms with van der Waals surface area (Å²) in [4.78, 5) is 38.4. The van der Waals surface area contributed by atoms with Crippen molar-refractivity contribution in [3.8, 4) is 5.75 Å². The van der Waals surface area contributed by atoms with Crippen LogP contribution in [0.4, 0.5) is 15.8 Å². The Kier molecular flexibility index (Phi) is 8.97. The maximum Gasteiger partial charge on any atom is 0.309 e. The van der Waals surface area contributed by atoms with Crippen molar-refractivity contribution in [2.75, 3.05) is 31.0 Å². The summed E-state index contributed by atoms with van der Waals surface area (Å²) in [5.41, 5.74) is 1.12. The van der Waals surface area contributed by atoms with E-state index in [1.54, 1.807) is 20.1 Å². The molecule has 0 aliphatic heterocycles. The first-order chi connectivity index (χ1) is 17.3. The number of halogens is 1. The molecule has 3 atom stereocenters. The number of ether oxygens (including phenoxy) is 3. The molecule has 0 bridgehead atoms. The highest BCUT2D eigenvalue weighted by molar-refractivity contribution is 6.03. The highest BCUT2D eigenvalue weighted by Gasteiger charge is 2.59. The predicted molar refractivity (Wildman–Crippen MR) is 133 cm³/mol. The minimum Gasteiger partial charge on any atom is -0.497 e. The number of carbonyl (C=O) groups excluding carboxylic acids is 3. The molecule has 1 fully saturated rings. The van der Waals surface area contributed by atoms with Gasteiger partial charge in [0.05, 0.1) is 50.6 Å². The molecule has 0 radical (unpaired) electrons. The Morgan fingerprint density at radius 3 is 2.42 bits per heavy atom. The number of nitrogens with one attached hydrogen (secondary N) is 1. The van der Waals surface area contributed by atoms with Crippen molar-refractivity contribution in [2.24, 2.45) is 17.8 Å². The Morgan fingerprint density at radius 2 is 1.83 bits per heavy atom. The van der Waals surface area contributed by atoms with Crippen LogP contribution in [0.3, 0.4) is 0 Å². The maximum absolute atomic E-state index is 14.8. The molecule has 1 aliphatic rings. The van der Waals surface area contributed by atoms with Crippen molar-refractivity contribution in [2.45, 2.75) is 13.5 Å². The van der Waals surface area contributed by atoms with Gasteiger partial charge < -0.3 is 19.5 Å². The molecule has 0 heterocycles. The average Bonchev–Trinajstić information content (AvgIpc) is 3.62. The number of allylic oxidation sites excluding steroid dienone is 1. The summed E-state index contributed by atoms with van der Waals surface area (Å²) in [5.74, 6) is -3.25. The summed E-state index contributed by atoms with van der Waals surface area (Å²) in [6, 6.07) is 11.3. The molecule has 3 rings (SSSR count). The highest BCUT2D eigenvalue weighted by atomic mass is 19.1. The van der Waals surface area contributed by atoms with Crippen molar-refractivity contribution in [3.05, 3.63) is 78.8 Å². The second-order valence-electron chi connectivity index (χ2n) is 8.15. The average molecular weight is 497 g/mol. The van der Waals surface area contributed by atoms with Gasteiger partial charge in [0.15, 0.2) is 0 Å². The normalized spacial score (nSPS) is 18.4. The molecule has 2 aromatic rings. The van der Waals surface area contributed by atoms with Crippen molar-refractivity contribution in [3.63, 3.8) is 0 Å². The Morgan fingerprint density at radius 1 is 1.11 bits per heavy atom. The monoisotopic (exact) mass is 496 g/mol. The maximum atomic E-state index is 14.8. The molecule has 0 aromatic heterocycles. The first-order valence-electron chi connectivity index (χ1n) is 11.3. The summed E-state index contributed by atoms with van der Waals surface area (Å²) in [7, 11) is 2.84. The number of anilines is 2. The number of hydrogen-bond acceptors (Lipinski definition) is 6. The first kappa shape index (κ1) is 26.6. The summed E-state index contributed by atoms with van der Waals surface area (Å²) in [6.07, 6.45) is 4.23. The molecule has 190 valence electrons. The van der Waals surface area contributed by atoms with Gasteiger partial charge in [-0.2, -0.15) is 0 Å². The van der Waals surface area contributed by atoms with Crippen molar-refractivity contribution < 1.29 is 33.0 Å². The third-order valence-electron chi connectivity index (χ3n) is 5.88. The highest BCUT2D eigenvalue weighted by Crippen LogP contribution is 2.48. The zero-order valence-electron chi connectivity index (χ0n) is 20.4.